The number of benzene rings is 3. The number of rotatable bonds is 6. The number of para-hydroxylation sites is 2. The molecule has 0 bridgehead atoms. The predicted octanol–water partition coefficient (Wildman–Crippen LogP) is 5.13. The molecule has 5 aromatic rings. The van der Waals surface area contributed by atoms with Crippen LogP contribution in [0.4, 0.5) is 5.69 Å². The van der Waals surface area contributed by atoms with Crippen molar-refractivity contribution >= 4 is 51.2 Å². The molecular formula is C26H17ClN4O5. The van der Waals surface area contributed by atoms with Crippen LogP contribution in [0.25, 0.3) is 33.1 Å². The van der Waals surface area contributed by atoms with Crippen LogP contribution in [0.1, 0.15) is 5.76 Å². The monoisotopic (exact) mass is 500 g/mol. The van der Waals surface area contributed by atoms with E-state index in [2.05, 4.69) is 10.5 Å². The first-order chi connectivity index (χ1) is 17.4. The van der Waals surface area contributed by atoms with Crippen molar-refractivity contribution < 1.29 is 14.1 Å². The summed E-state index contributed by atoms with van der Waals surface area (Å²) in [5, 5.41) is 16.2. The van der Waals surface area contributed by atoms with E-state index in [0.717, 1.165) is 0 Å². The molecule has 0 aliphatic heterocycles. The van der Waals surface area contributed by atoms with Gasteiger partial charge in [0.25, 0.3) is 11.6 Å². The number of nitro groups is 1. The van der Waals surface area contributed by atoms with Gasteiger partial charge in [0.05, 0.1) is 22.2 Å². The highest BCUT2D eigenvalue weighted by Crippen LogP contribution is 2.31. The Morgan fingerprint density at radius 2 is 1.69 bits per heavy atom. The Morgan fingerprint density at radius 1 is 1.03 bits per heavy atom. The minimum absolute atomic E-state index is 0.0307. The van der Waals surface area contributed by atoms with Crippen LogP contribution in [0.3, 0.4) is 0 Å². The van der Waals surface area contributed by atoms with Gasteiger partial charge in [0.2, 0.25) is 0 Å². The SMILES string of the molecule is O=C(Cn1c2ccccc2c(=O)c2ccccc21)NN=Cc1ccc(-c2ccc(Cl)c([N+](=O)[O-])c2)o1. The quantitative estimate of drug-likeness (QED) is 0.150. The number of nitrogens with zero attached hydrogens (tertiary/aromatic N) is 3. The van der Waals surface area contributed by atoms with E-state index in [1.54, 1.807) is 59.2 Å². The maximum atomic E-state index is 12.8. The van der Waals surface area contributed by atoms with Gasteiger partial charge in [0.15, 0.2) is 5.43 Å². The zero-order chi connectivity index (χ0) is 25.2. The molecule has 0 unspecified atom stereocenters. The van der Waals surface area contributed by atoms with Crippen molar-refractivity contribution in [3.63, 3.8) is 0 Å². The molecule has 1 N–H and O–H groups in total. The van der Waals surface area contributed by atoms with E-state index in [0.29, 0.717) is 38.9 Å². The second-order valence-corrected chi connectivity index (χ2v) is 8.28. The molecule has 0 saturated heterocycles. The van der Waals surface area contributed by atoms with Gasteiger partial charge < -0.3 is 8.98 Å². The topological polar surface area (TPSA) is 120 Å². The van der Waals surface area contributed by atoms with Gasteiger partial charge in [-0.15, -0.1) is 0 Å². The second-order valence-electron chi connectivity index (χ2n) is 7.87. The third kappa shape index (κ3) is 4.35. The highest BCUT2D eigenvalue weighted by atomic mass is 35.5. The summed E-state index contributed by atoms with van der Waals surface area (Å²) >= 11 is 5.86. The van der Waals surface area contributed by atoms with Gasteiger partial charge >= 0.3 is 0 Å². The maximum Gasteiger partial charge on any atom is 0.288 e. The molecule has 1 amide bonds. The first kappa shape index (κ1) is 23.0. The molecule has 0 aliphatic rings. The normalized spacial score (nSPS) is 11.4. The van der Waals surface area contributed by atoms with Gasteiger partial charge in [-0.25, -0.2) is 5.43 Å². The lowest BCUT2D eigenvalue weighted by Gasteiger charge is -2.14. The average Bonchev–Trinajstić information content (AvgIpc) is 3.35. The van der Waals surface area contributed by atoms with Crippen molar-refractivity contribution in [3.8, 4) is 11.3 Å². The zero-order valence-corrected chi connectivity index (χ0v) is 19.3. The Bertz CT molecular complexity index is 1680. The highest BCUT2D eigenvalue weighted by Gasteiger charge is 2.15. The summed E-state index contributed by atoms with van der Waals surface area (Å²) in [5.41, 5.74) is 3.93. The number of fused-ring (bicyclic) bond motifs is 2. The number of furan rings is 1. The fraction of sp³-hybridized carbons (Fsp3) is 0.0385. The van der Waals surface area contributed by atoms with Crippen LogP contribution < -0.4 is 10.9 Å². The lowest BCUT2D eigenvalue weighted by atomic mass is 10.1. The van der Waals surface area contributed by atoms with Crippen LogP contribution >= 0.6 is 11.6 Å². The number of nitrogens with one attached hydrogen (secondary N) is 1. The first-order valence-electron chi connectivity index (χ1n) is 10.8. The molecule has 0 radical (unpaired) electrons. The molecule has 0 fully saturated rings. The summed E-state index contributed by atoms with van der Waals surface area (Å²) in [6.45, 7) is -0.0590. The Morgan fingerprint density at radius 3 is 2.36 bits per heavy atom. The van der Waals surface area contributed by atoms with Gasteiger partial charge in [-0.05, 0) is 48.5 Å². The summed E-state index contributed by atoms with van der Waals surface area (Å²) in [5.74, 6) is 0.321. The number of halogens is 1. The van der Waals surface area contributed by atoms with Gasteiger partial charge in [-0.3, -0.25) is 19.7 Å². The number of hydrogen-bond acceptors (Lipinski definition) is 6. The Hall–Kier alpha value is -4.76. The summed E-state index contributed by atoms with van der Waals surface area (Å²) in [7, 11) is 0. The van der Waals surface area contributed by atoms with Crippen molar-refractivity contribution in [2.24, 2.45) is 5.10 Å². The molecule has 2 aromatic heterocycles. The third-order valence-corrected chi connectivity index (χ3v) is 5.94. The largest absolute Gasteiger partial charge is 0.455 e. The summed E-state index contributed by atoms with van der Waals surface area (Å²) in [6, 6.07) is 21.9. The molecular weight excluding hydrogens is 484 g/mol. The number of hydrogen-bond donors (Lipinski definition) is 1. The number of nitro benzene ring substituents is 1. The molecule has 2 heterocycles. The minimum atomic E-state index is -0.568. The van der Waals surface area contributed by atoms with Gasteiger partial charge in [-0.1, -0.05) is 35.9 Å². The number of hydrazone groups is 1. The predicted molar refractivity (Wildman–Crippen MR) is 137 cm³/mol. The molecule has 3 aromatic carbocycles. The summed E-state index contributed by atoms with van der Waals surface area (Å²) in [4.78, 5) is 36.1. The van der Waals surface area contributed by atoms with Crippen LogP contribution in [0.2, 0.25) is 5.02 Å². The fourth-order valence-electron chi connectivity index (χ4n) is 3.98. The van der Waals surface area contributed by atoms with E-state index >= 15 is 0 Å². The maximum absolute atomic E-state index is 12.8. The molecule has 36 heavy (non-hydrogen) atoms. The Kier molecular flexibility index (Phi) is 6.05. The van der Waals surface area contributed by atoms with Gasteiger partial charge in [-0.2, -0.15) is 5.10 Å². The smallest absolute Gasteiger partial charge is 0.288 e. The van der Waals surface area contributed by atoms with Gasteiger partial charge in [0, 0.05) is 22.4 Å². The average molecular weight is 501 g/mol. The van der Waals surface area contributed by atoms with Crippen molar-refractivity contribution in [3.05, 3.63) is 110 Å². The van der Waals surface area contributed by atoms with Gasteiger partial charge in [0.1, 0.15) is 23.1 Å². The van der Waals surface area contributed by atoms with Crippen LogP contribution in [0.15, 0.2) is 93.2 Å². The number of amides is 1. The van der Waals surface area contributed by atoms with E-state index in [-0.39, 0.29) is 22.7 Å². The summed E-state index contributed by atoms with van der Waals surface area (Å²) in [6.07, 6.45) is 1.33. The Labute approximate surface area is 208 Å². The van der Waals surface area contributed by atoms with Crippen LogP contribution in [-0.4, -0.2) is 21.6 Å². The van der Waals surface area contributed by atoms with Crippen molar-refractivity contribution in [2.45, 2.75) is 6.54 Å². The third-order valence-electron chi connectivity index (χ3n) is 5.62. The van der Waals surface area contributed by atoms with E-state index in [4.69, 9.17) is 16.0 Å². The molecule has 178 valence electrons. The first-order valence-corrected chi connectivity index (χ1v) is 11.2. The van der Waals surface area contributed by atoms with E-state index in [9.17, 15) is 19.7 Å². The number of carbonyl (C=O) groups excluding carboxylic acids is 1. The number of aromatic nitrogens is 1. The molecule has 0 spiro atoms. The van der Waals surface area contributed by atoms with E-state index in [1.807, 2.05) is 12.1 Å². The van der Waals surface area contributed by atoms with Crippen molar-refractivity contribution in [2.75, 3.05) is 0 Å². The van der Waals surface area contributed by atoms with Crippen LogP contribution in [0, 0.1) is 10.1 Å². The van der Waals surface area contributed by atoms with Crippen molar-refractivity contribution in [1.82, 2.24) is 9.99 Å². The molecule has 9 nitrogen and oxygen atoms in total. The fourth-order valence-corrected chi connectivity index (χ4v) is 4.16. The summed E-state index contributed by atoms with van der Waals surface area (Å²) < 4.78 is 7.44. The van der Waals surface area contributed by atoms with E-state index in [1.165, 1.54) is 18.3 Å². The van der Waals surface area contributed by atoms with Crippen LogP contribution in [0.5, 0.6) is 0 Å². The zero-order valence-electron chi connectivity index (χ0n) is 18.6. The lowest BCUT2D eigenvalue weighted by Crippen LogP contribution is -2.25. The van der Waals surface area contributed by atoms with Crippen LogP contribution in [-0.2, 0) is 11.3 Å². The number of carbonyl (C=O) groups is 1. The minimum Gasteiger partial charge on any atom is -0.455 e. The molecule has 5 rings (SSSR count). The van der Waals surface area contributed by atoms with Crippen molar-refractivity contribution in [1.29, 1.82) is 0 Å². The Balaban J connectivity index is 1.35. The molecule has 0 atom stereocenters. The van der Waals surface area contributed by atoms with E-state index < -0.39 is 10.8 Å². The number of pyridine rings is 1. The standard InChI is InChI=1S/C26H17ClN4O5/c27-20-11-9-16(13-23(20)31(34)35)24-12-10-17(36-24)14-28-29-25(32)15-30-21-7-3-1-5-18(21)26(33)19-6-2-4-8-22(19)30/h1-14H,15H2,(H,29,32). The molecule has 10 heteroatoms. The molecule has 0 aliphatic carbocycles. The lowest BCUT2D eigenvalue weighted by molar-refractivity contribution is -0.384. The molecule has 0 saturated carbocycles. The second kappa shape index (κ2) is 9.47. The highest BCUT2D eigenvalue weighted by molar-refractivity contribution is 6.32.